The zero-order chi connectivity index (χ0) is 29.7. The van der Waals surface area contributed by atoms with Crippen molar-refractivity contribution >= 4 is 15.5 Å². The topological polar surface area (TPSA) is 95.5 Å². The Morgan fingerprint density at radius 3 is 2.45 bits per heavy atom. The Balaban J connectivity index is 2.26. The van der Waals surface area contributed by atoms with Crippen molar-refractivity contribution in [2.75, 3.05) is 24.6 Å². The van der Waals surface area contributed by atoms with Gasteiger partial charge in [0, 0.05) is 25.0 Å². The summed E-state index contributed by atoms with van der Waals surface area (Å²) in [7, 11) is -3.61. The van der Waals surface area contributed by atoms with Crippen LogP contribution in [0.2, 0.25) is 0 Å². The van der Waals surface area contributed by atoms with Crippen molar-refractivity contribution in [3.8, 4) is 17.2 Å². The van der Waals surface area contributed by atoms with E-state index in [4.69, 9.17) is 0 Å². The summed E-state index contributed by atoms with van der Waals surface area (Å²) in [5.41, 5.74) is -0.922. The largest absolute Gasteiger partial charge is 0.416 e. The van der Waals surface area contributed by atoms with E-state index in [1.807, 2.05) is 6.07 Å². The summed E-state index contributed by atoms with van der Waals surface area (Å²) in [6, 6.07) is 11.8. The maximum Gasteiger partial charge on any atom is 0.416 e. The van der Waals surface area contributed by atoms with Crippen LogP contribution in [0.15, 0.2) is 77.0 Å². The second kappa shape index (κ2) is 12.6. The van der Waals surface area contributed by atoms with Crippen molar-refractivity contribution in [2.45, 2.75) is 33.0 Å². The highest BCUT2D eigenvalue weighted by molar-refractivity contribution is 7.91. The lowest BCUT2D eigenvalue weighted by Crippen LogP contribution is -2.38. The van der Waals surface area contributed by atoms with E-state index in [0.29, 0.717) is 17.2 Å². The number of alkyl halides is 3. The van der Waals surface area contributed by atoms with Gasteiger partial charge in [-0.15, -0.1) is 0 Å². The van der Waals surface area contributed by atoms with E-state index in [0.717, 1.165) is 11.0 Å². The molecule has 0 fully saturated rings. The van der Waals surface area contributed by atoms with E-state index in [2.05, 4.69) is 4.98 Å². The predicted octanol–water partition coefficient (Wildman–Crippen LogP) is 5.39. The summed E-state index contributed by atoms with van der Waals surface area (Å²) in [6.45, 7) is 2.93. The van der Waals surface area contributed by atoms with Crippen LogP contribution in [0.3, 0.4) is 0 Å². The van der Waals surface area contributed by atoms with Gasteiger partial charge in [0.05, 0.1) is 40.3 Å². The molecule has 0 saturated carbocycles. The van der Waals surface area contributed by atoms with Gasteiger partial charge in [0.1, 0.15) is 11.5 Å². The van der Waals surface area contributed by atoms with Gasteiger partial charge in [0.2, 0.25) is 0 Å². The van der Waals surface area contributed by atoms with E-state index in [1.54, 1.807) is 18.2 Å². The summed E-state index contributed by atoms with van der Waals surface area (Å²) in [5, 5.41) is 9.17. The number of rotatable bonds is 10. The standard InChI is InChI=1S/C28H28F4N4O3S/c1-4-8-23(29)22(28(30,31)32)18-35(15-16-40(38,39)5-2)19(3)26-25(21-12-10-20(17-33)11-13-21)27(37)36-14-7-6-9-24(36)34-26/h4,6-14,19H,5,15-16,18H2,1-3H3/b8-4-,23-22-. The summed E-state index contributed by atoms with van der Waals surface area (Å²) >= 11 is 0. The molecule has 3 rings (SSSR count). The maximum absolute atomic E-state index is 14.7. The Hall–Kier alpha value is -3.82. The fourth-order valence-electron chi connectivity index (χ4n) is 4.13. The SMILES string of the molecule is C/C=C\C(F)=C(/CN(CCS(=O)(=O)CC)C(C)c1nc2ccccn2c(=O)c1-c1ccc(C#N)cc1)C(F)(F)F. The molecule has 2 aromatic heterocycles. The minimum Gasteiger partial charge on any atom is -0.290 e. The van der Waals surface area contributed by atoms with Gasteiger partial charge in [-0.25, -0.2) is 17.8 Å². The van der Waals surface area contributed by atoms with Crippen LogP contribution in [-0.2, 0) is 9.84 Å². The lowest BCUT2D eigenvalue weighted by Gasteiger charge is -2.31. The number of nitrogens with zero attached hydrogens (tertiary/aromatic N) is 4. The second-order valence-electron chi connectivity index (χ2n) is 9.00. The predicted molar refractivity (Wildman–Crippen MR) is 145 cm³/mol. The number of fused-ring (bicyclic) bond motifs is 1. The van der Waals surface area contributed by atoms with Crippen LogP contribution in [0, 0.1) is 11.3 Å². The summed E-state index contributed by atoms with van der Waals surface area (Å²) in [6.07, 6.45) is -1.73. The van der Waals surface area contributed by atoms with Gasteiger partial charge >= 0.3 is 6.18 Å². The molecular weight excluding hydrogens is 548 g/mol. The van der Waals surface area contributed by atoms with Gasteiger partial charge in [-0.2, -0.15) is 18.4 Å². The molecule has 0 bridgehead atoms. The number of aromatic nitrogens is 2. The second-order valence-corrected chi connectivity index (χ2v) is 11.5. The van der Waals surface area contributed by atoms with E-state index >= 15 is 0 Å². The van der Waals surface area contributed by atoms with Crippen LogP contribution in [0.25, 0.3) is 16.8 Å². The van der Waals surface area contributed by atoms with Crippen molar-refractivity contribution in [1.82, 2.24) is 14.3 Å². The lowest BCUT2D eigenvalue weighted by atomic mass is 9.99. The fraction of sp³-hybridized carbons (Fsp3) is 0.321. The third-order valence-corrected chi connectivity index (χ3v) is 8.13. The average molecular weight is 577 g/mol. The number of halogens is 4. The molecule has 1 unspecified atom stereocenters. The fourth-order valence-corrected chi connectivity index (χ4v) is 4.93. The Kier molecular flexibility index (Phi) is 9.65. The molecule has 0 aliphatic rings. The summed E-state index contributed by atoms with van der Waals surface area (Å²) < 4.78 is 82.5. The van der Waals surface area contributed by atoms with Crippen molar-refractivity contribution in [3.05, 3.63) is 93.8 Å². The third kappa shape index (κ3) is 7.03. The van der Waals surface area contributed by atoms with Crippen molar-refractivity contribution in [3.63, 3.8) is 0 Å². The number of pyridine rings is 1. The molecule has 7 nitrogen and oxygen atoms in total. The molecular formula is C28H28F4N4O3S. The molecule has 0 saturated heterocycles. The number of hydrogen-bond acceptors (Lipinski definition) is 6. The Bertz CT molecular complexity index is 1640. The molecule has 212 valence electrons. The molecule has 0 spiro atoms. The Morgan fingerprint density at radius 1 is 1.20 bits per heavy atom. The summed E-state index contributed by atoms with van der Waals surface area (Å²) in [5.74, 6) is -2.21. The molecule has 0 radical (unpaired) electrons. The van der Waals surface area contributed by atoms with Gasteiger partial charge in [0.15, 0.2) is 9.84 Å². The van der Waals surface area contributed by atoms with E-state index in [1.165, 1.54) is 55.6 Å². The van der Waals surface area contributed by atoms with E-state index in [9.17, 15) is 36.0 Å². The van der Waals surface area contributed by atoms with Gasteiger partial charge in [-0.3, -0.25) is 14.1 Å². The molecule has 1 aromatic carbocycles. The quantitative estimate of drug-likeness (QED) is 0.237. The first-order valence-electron chi connectivity index (χ1n) is 12.4. The first-order chi connectivity index (χ1) is 18.8. The highest BCUT2D eigenvalue weighted by Crippen LogP contribution is 2.34. The number of hydrogen-bond donors (Lipinski definition) is 0. The molecule has 0 aliphatic carbocycles. The first kappa shape index (κ1) is 30.7. The van der Waals surface area contributed by atoms with Crippen molar-refractivity contribution < 1.29 is 26.0 Å². The van der Waals surface area contributed by atoms with Gasteiger partial charge in [-0.1, -0.05) is 31.2 Å². The minimum absolute atomic E-state index is 0.0653. The zero-order valence-corrected chi connectivity index (χ0v) is 22.9. The van der Waals surface area contributed by atoms with Crippen LogP contribution in [0.1, 0.15) is 38.1 Å². The lowest BCUT2D eigenvalue weighted by molar-refractivity contribution is -0.0981. The van der Waals surface area contributed by atoms with Crippen LogP contribution in [0.5, 0.6) is 0 Å². The molecule has 0 aliphatic heterocycles. The molecule has 12 heteroatoms. The average Bonchev–Trinajstić information content (AvgIpc) is 2.92. The van der Waals surface area contributed by atoms with Gasteiger partial charge < -0.3 is 0 Å². The van der Waals surface area contributed by atoms with Crippen LogP contribution in [-0.4, -0.2) is 53.5 Å². The van der Waals surface area contributed by atoms with E-state index < -0.39 is 51.3 Å². The van der Waals surface area contributed by atoms with Crippen LogP contribution in [0.4, 0.5) is 17.6 Å². The van der Waals surface area contributed by atoms with Crippen molar-refractivity contribution in [2.24, 2.45) is 0 Å². The summed E-state index contributed by atoms with van der Waals surface area (Å²) in [4.78, 5) is 19.4. The Morgan fingerprint density at radius 2 is 1.88 bits per heavy atom. The molecule has 40 heavy (non-hydrogen) atoms. The third-order valence-electron chi connectivity index (χ3n) is 6.44. The monoisotopic (exact) mass is 576 g/mol. The minimum atomic E-state index is -5.04. The number of nitriles is 1. The normalized spacial score (nSPS) is 14.0. The van der Waals surface area contributed by atoms with E-state index in [-0.39, 0.29) is 29.2 Å². The number of sulfone groups is 1. The number of allylic oxidation sites excluding steroid dienone is 3. The van der Waals surface area contributed by atoms with Crippen molar-refractivity contribution in [1.29, 1.82) is 5.26 Å². The van der Waals surface area contributed by atoms with Crippen LogP contribution >= 0.6 is 0 Å². The highest BCUT2D eigenvalue weighted by atomic mass is 32.2. The highest BCUT2D eigenvalue weighted by Gasteiger charge is 2.39. The molecule has 0 N–H and O–H groups in total. The van der Waals surface area contributed by atoms with Gasteiger partial charge in [-0.05, 0) is 49.8 Å². The Labute approximate surface area is 229 Å². The smallest absolute Gasteiger partial charge is 0.290 e. The first-order valence-corrected chi connectivity index (χ1v) is 14.2. The molecule has 2 heterocycles. The molecule has 1 atom stereocenters. The van der Waals surface area contributed by atoms with Crippen LogP contribution < -0.4 is 5.56 Å². The number of benzene rings is 1. The maximum atomic E-state index is 14.7. The van der Waals surface area contributed by atoms with Gasteiger partial charge in [0.25, 0.3) is 5.56 Å². The zero-order valence-electron chi connectivity index (χ0n) is 22.1. The molecule has 0 amide bonds. The molecule has 3 aromatic rings.